The van der Waals surface area contributed by atoms with Crippen molar-refractivity contribution >= 4 is 17.9 Å². The molecule has 0 aliphatic rings. The van der Waals surface area contributed by atoms with Gasteiger partial charge in [-0.3, -0.25) is 0 Å². The van der Waals surface area contributed by atoms with E-state index in [1.54, 1.807) is 14.2 Å². The van der Waals surface area contributed by atoms with Gasteiger partial charge in [0.1, 0.15) is 6.16 Å². The molecule has 0 aliphatic heterocycles. The third-order valence-corrected chi connectivity index (χ3v) is 9.18. The van der Waals surface area contributed by atoms with Crippen LogP contribution in [0.2, 0.25) is 0 Å². The lowest BCUT2D eigenvalue weighted by Gasteiger charge is -2.30. The quantitative estimate of drug-likeness (QED) is 0.387. The monoisotopic (exact) mass is 444 g/mol. The van der Waals surface area contributed by atoms with E-state index in [1.807, 2.05) is 0 Å². The third kappa shape index (κ3) is 5.27. The summed E-state index contributed by atoms with van der Waals surface area (Å²) in [5.74, 6) is 0. The van der Waals surface area contributed by atoms with E-state index < -0.39 is 7.26 Å². The average Bonchev–Trinajstić information content (AvgIpc) is 2.73. The molecule has 0 saturated carbocycles. The number of ether oxygens (including phenoxy) is 2. The fourth-order valence-electron chi connectivity index (χ4n) is 3.43. The van der Waals surface area contributed by atoms with Gasteiger partial charge in [-0.15, -0.1) is 0 Å². The van der Waals surface area contributed by atoms with Crippen molar-refractivity contribution in [2.75, 3.05) is 20.4 Å². The summed E-state index contributed by atoms with van der Waals surface area (Å²) < 4.78 is 11.3. The Hall–Kier alpha value is -1.51. The molecule has 142 valence electrons. The van der Waals surface area contributed by atoms with Crippen molar-refractivity contribution in [3.05, 3.63) is 96.6 Å². The number of hydrogen-bond acceptors (Lipinski definition) is 2. The van der Waals surface area contributed by atoms with Gasteiger partial charge in [0.25, 0.3) is 0 Å². The zero-order chi connectivity index (χ0) is 18.2. The van der Waals surface area contributed by atoms with E-state index in [0.717, 1.165) is 12.3 Å². The van der Waals surface area contributed by atoms with Crippen molar-refractivity contribution in [2.24, 2.45) is 0 Å². The van der Waals surface area contributed by atoms with E-state index in [2.05, 4.69) is 91.0 Å². The highest BCUT2D eigenvalue weighted by Gasteiger charge is 2.45. The van der Waals surface area contributed by atoms with Crippen LogP contribution in [0.15, 0.2) is 91.0 Å². The number of benzene rings is 3. The van der Waals surface area contributed by atoms with E-state index in [4.69, 9.17) is 9.47 Å². The summed E-state index contributed by atoms with van der Waals surface area (Å²) in [7, 11) is 1.69. The summed E-state index contributed by atoms with van der Waals surface area (Å²) in [5.41, 5.74) is 1.35. The largest absolute Gasteiger partial charge is 1.00 e. The molecular formula is C23H26BrO2P. The Kier molecular flexibility index (Phi) is 8.66. The van der Waals surface area contributed by atoms with Gasteiger partial charge in [0, 0.05) is 14.2 Å². The lowest BCUT2D eigenvalue weighted by Crippen LogP contribution is -3.00. The van der Waals surface area contributed by atoms with E-state index >= 15 is 0 Å². The molecular weight excluding hydrogens is 419 g/mol. The van der Waals surface area contributed by atoms with Gasteiger partial charge in [-0.05, 0) is 29.8 Å². The Bertz CT molecular complexity index is 738. The minimum absolute atomic E-state index is 0. The van der Waals surface area contributed by atoms with Gasteiger partial charge in [0.15, 0.2) is 6.29 Å². The van der Waals surface area contributed by atoms with Crippen molar-refractivity contribution < 1.29 is 26.5 Å². The average molecular weight is 445 g/mol. The van der Waals surface area contributed by atoms with E-state index in [1.165, 1.54) is 16.2 Å². The standard InChI is InChI=1S/C23H26O2P.BrH/c1-24-23(25-2)19-26(21-14-8-4-9-15-21,22-16-10-5-11-17-22)18-20-12-6-3-7-13-20;/h3-17,23H,18-19H2,1-2H3;1H/q+1;/p-1. The molecule has 2 nitrogen and oxygen atoms in total. The molecule has 4 heteroatoms. The summed E-state index contributed by atoms with van der Waals surface area (Å²) in [5, 5.41) is 2.77. The fourth-order valence-corrected chi connectivity index (χ4v) is 7.77. The third-order valence-electron chi connectivity index (χ3n) is 4.78. The van der Waals surface area contributed by atoms with Crippen LogP contribution < -0.4 is 27.6 Å². The Labute approximate surface area is 173 Å². The van der Waals surface area contributed by atoms with Crippen LogP contribution in [-0.2, 0) is 15.6 Å². The maximum atomic E-state index is 5.64. The van der Waals surface area contributed by atoms with Crippen molar-refractivity contribution in [3.8, 4) is 0 Å². The smallest absolute Gasteiger partial charge is 0.191 e. The van der Waals surface area contributed by atoms with Crippen LogP contribution in [0.3, 0.4) is 0 Å². The summed E-state index contributed by atoms with van der Waals surface area (Å²) in [6, 6.07) is 32.4. The minimum Gasteiger partial charge on any atom is -1.00 e. The first-order chi connectivity index (χ1) is 12.8. The van der Waals surface area contributed by atoms with E-state index in [9.17, 15) is 0 Å². The summed E-state index contributed by atoms with van der Waals surface area (Å²) in [6.45, 7) is 0. The molecule has 0 saturated heterocycles. The fraction of sp³-hybridized carbons (Fsp3) is 0.217. The molecule has 0 fully saturated rings. The lowest BCUT2D eigenvalue weighted by atomic mass is 10.2. The minimum atomic E-state index is -1.76. The van der Waals surface area contributed by atoms with Crippen LogP contribution in [0.4, 0.5) is 0 Å². The van der Waals surface area contributed by atoms with Gasteiger partial charge in [0.05, 0.1) is 24.0 Å². The van der Waals surface area contributed by atoms with E-state index in [0.29, 0.717) is 0 Å². The van der Waals surface area contributed by atoms with Crippen molar-refractivity contribution in [2.45, 2.75) is 12.5 Å². The molecule has 3 aromatic carbocycles. The predicted molar refractivity (Wildman–Crippen MR) is 112 cm³/mol. The first kappa shape index (κ1) is 21.8. The molecule has 3 aromatic rings. The molecule has 3 rings (SSSR count). The number of halogens is 1. The second kappa shape index (κ2) is 10.7. The predicted octanol–water partition coefficient (Wildman–Crippen LogP) is 1.48. The summed E-state index contributed by atoms with van der Waals surface area (Å²) in [6.07, 6.45) is 1.61. The first-order valence-corrected chi connectivity index (χ1v) is 11.0. The van der Waals surface area contributed by atoms with Crippen molar-refractivity contribution in [3.63, 3.8) is 0 Å². The Morgan fingerprint density at radius 3 is 1.48 bits per heavy atom. The second-order valence-corrected chi connectivity index (χ2v) is 10.0. The SMILES string of the molecule is COC(C[P+](Cc1ccccc1)(c1ccccc1)c1ccccc1)OC.[Br-]. The molecule has 0 spiro atoms. The maximum absolute atomic E-state index is 5.64. The molecule has 0 amide bonds. The number of rotatable bonds is 8. The van der Waals surface area contributed by atoms with Gasteiger partial charge in [0.2, 0.25) is 0 Å². The Morgan fingerprint density at radius 2 is 1.07 bits per heavy atom. The zero-order valence-electron chi connectivity index (χ0n) is 15.8. The second-order valence-electron chi connectivity index (χ2n) is 6.37. The highest BCUT2D eigenvalue weighted by Crippen LogP contribution is 2.59. The summed E-state index contributed by atoms with van der Waals surface area (Å²) in [4.78, 5) is 0. The van der Waals surface area contributed by atoms with Crippen molar-refractivity contribution in [1.29, 1.82) is 0 Å². The van der Waals surface area contributed by atoms with Crippen molar-refractivity contribution in [1.82, 2.24) is 0 Å². The molecule has 0 unspecified atom stereocenters. The van der Waals surface area contributed by atoms with Gasteiger partial charge in [-0.25, -0.2) is 0 Å². The van der Waals surface area contributed by atoms with Crippen LogP contribution >= 0.6 is 7.26 Å². The number of methoxy groups -OCH3 is 2. The van der Waals surface area contributed by atoms with E-state index in [-0.39, 0.29) is 23.3 Å². The van der Waals surface area contributed by atoms with Gasteiger partial charge >= 0.3 is 0 Å². The Morgan fingerprint density at radius 1 is 0.667 bits per heavy atom. The molecule has 0 aliphatic carbocycles. The highest BCUT2D eigenvalue weighted by atomic mass is 79.9. The Balaban J connectivity index is 0.00000261. The normalized spacial score (nSPS) is 11.2. The molecule has 0 N–H and O–H groups in total. The van der Waals surface area contributed by atoms with Crippen LogP contribution in [0.5, 0.6) is 0 Å². The molecule has 27 heavy (non-hydrogen) atoms. The lowest BCUT2D eigenvalue weighted by molar-refractivity contribution is -0.0850. The van der Waals surface area contributed by atoms with Crippen LogP contribution in [0.1, 0.15) is 5.56 Å². The van der Waals surface area contributed by atoms with Crippen LogP contribution in [-0.4, -0.2) is 26.7 Å². The molecule has 0 aromatic heterocycles. The topological polar surface area (TPSA) is 18.5 Å². The van der Waals surface area contributed by atoms with Crippen LogP contribution in [0.25, 0.3) is 0 Å². The molecule has 0 atom stereocenters. The van der Waals surface area contributed by atoms with Crippen LogP contribution in [0, 0.1) is 0 Å². The highest BCUT2D eigenvalue weighted by molar-refractivity contribution is 7.88. The number of hydrogen-bond donors (Lipinski definition) is 0. The molecule has 0 heterocycles. The molecule has 0 bridgehead atoms. The maximum Gasteiger partial charge on any atom is 0.191 e. The van der Waals surface area contributed by atoms with Gasteiger partial charge in [-0.1, -0.05) is 66.7 Å². The van der Waals surface area contributed by atoms with Gasteiger partial charge < -0.3 is 26.5 Å². The molecule has 0 radical (unpaired) electrons. The first-order valence-electron chi connectivity index (χ1n) is 8.86. The van der Waals surface area contributed by atoms with Gasteiger partial charge in [-0.2, -0.15) is 0 Å². The zero-order valence-corrected chi connectivity index (χ0v) is 18.3. The summed E-state index contributed by atoms with van der Waals surface area (Å²) >= 11 is 0.